The van der Waals surface area contributed by atoms with Gasteiger partial charge in [0.1, 0.15) is 0 Å². The smallest absolute Gasteiger partial charge is 0.191 e. The molecule has 0 amide bonds. The fraction of sp³-hybridized carbons (Fsp3) is 0.643. The lowest BCUT2D eigenvalue weighted by molar-refractivity contribution is 0.292. The second-order valence-electron chi connectivity index (χ2n) is 6.12. The summed E-state index contributed by atoms with van der Waals surface area (Å²) in [5.74, 6) is 0. The van der Waals surface area contributed by atoms with Crippen molar-refractivity contribution in [2.75, 3.05) is 6.61 Å². The molecule has 1 nitrogen and oxygen atoms in total. The van der Waals surface area contributed by atoms with Gasteiger partial charge < -0.3 is 4.43 Å². The number of hydrogen-bond donors (Lipinski definition) is 0. The van der Waals surface area contributed by atoms with Crippen molar-refractivity contribution in [2.24, 2.45) is 0 Å². The first-order valence-corrected chi connectivity index (χ1v) is 9.53. The summed E-state index contributed by atoms with van der Waals surface area (Å²) in [6, 6.07) is 0. The van der Waals surface area contributed by atoms with E-state index in [2.05, 4.69) is 46.4 Å². The minimum atomic E-state index is -1.59. The topological polar surface area (TPSA) is 9.23 Å². The van der Waals surface area contributed by atoms with Gasteiger partial charge in [-0.2, -0.15) is 0 Å². The normalized spacial score (nSPS) is 17.8. The third-order valence-corrected chi connectivity index (χ3v) is 8.52. The zero-order chi connectivity index (χ0) is 13.1. The van der Waals surface area contributed by atoms with E-state index in [-0.39, 0.29) is 0 Å². The first-order chi connectivity index (χ1) is 7.72. The highest BCUT2D eigenvalue weighted by Gasteiger charge is 2.36. The Morgan fingerprint density at radius 3 is 2.41 bits per heavy atom. The van der Waals surface area contributed by atoms with Gasteiger partial charge in [-0.15, -0.1) is 0 Å². The van der Waals surface area contributed by atoms with E-state index in [1.807, 2.05) is 6.08 Å². The van der Waals surface area contributed by atoms with Gasteiger partial charge in [0.05, 0.1) is 0 Å². The Bertz CT molecular complexity index is 324. The van der Waals surface area contributed by atoms with Crippen molar-refractivity contribution < 1.29 is 4.43 Å². The molecule has 17 heavy (non-hydrogen) atoms. The van der Waals surface area contributed by atoms with E-state index in [4.69, 9.17) is 16.0 Å². The van der Waals surface area contributed by atoms with Crippen LogP contribution < -0.4 is 0 Å². The molecular formula is C14H24ClOSi. The summed E-state index contributed by atoms with van der Waals surface area (Å²) in [4.78, 5) is 0. The Morgan fingerprint density at radius 2 is 1.94 bits per heavy atom. The van der Waals surface area contributed by atoms with Crippen molar-refractivity contribution in [1.82, 2.24) is 0 Å². The summed E-state index contributed by atoms with van der Waals surface area (Å²) >= 11 is 5.91. The molecule has 1 radical (unpaired) electrons. The number of allylic oxidation sites excluding steroid dienone is 3. The van der Waals surface area contributed by atoms with E-state index < -0.39 is 8.32 Å². The van der Waals surface area contributed by atoms with Crippen molar-refractivity contribution in [2.45, 2.75) is 51.7 Å². The zero-order valence-corrected chi connectivity index (χ0v) is 13.4. The van der Waals surface area contributed by atoms with Crippen LogP contribution in [0.5, 0.6) is 0 Å². The Morgan fingerprint density at radius 1 is 1.29 bits per heavy atom. The van der Waals surface area contributed by atoms with Crippen LogP contribution in [0.3, 0.4) is 0 Å². The maximum Gasteiger partial charge on any atom is 0.191 e. The van der Waals surface area contributed by atoms with E-state index in [0.29, 0.717) is 5.04 Å². The van der Waals surface area contributed by atoms with Gasteiger partial charge in [0.15, 0.2) is 8.32 Å². The molecule has 1 aliphatic rings. The van der Waals surface area contributed by atoms with Gasteiger partial charge in [0.25, 0.3) is 0 Å². The lowest BCUT2D eigenvalue weighted by atomic mass is 10.0. The van der Waals surface area contributed by atoms with Crippen LogP contribution in [0.15, 0.2) is 22.8 Å². The maximum absolute atomic E-state index is 6.15. The molecule has 0 fully saturated rings. The monoisotopic (exact) mass is 271 g/mol. The molecule has 0 heterocycles. The fourth-order valence-electron chi connectivity index (χ4n) is 1.39. The molecule has 0 aromatic carbocycles. The van der Waals surface area contributed by atoms with Gasteiger partial charge in [-0.05, 0) is 43.5 Å². The predicted octanol–water partition coefficient (Wildman–Crippen LogP) is 5.06. The average Bonchev–Trinajstić information content (AvgIpc) is 2.19. The minimum absolute atomic E-state index is 0.293. The first kappa shape index (κ1) is 15.0. The second-order valence-corrected chi connectivity index (χ2v) is 11.4. The van der Waals surface area contributed by atoms with Crippen molar-refractivity contribution in [3.8, 4) is 0 Å². The third-order valence-electron chi connectivity index (χ3n) is 3.70. The van der Waals surface area contributed by atoms with Crippen LogP contribution in [0, 0.1) is 6.42 Å². The predicted molar refractivity (Wildman–Crippen MR) is 78.7 cm³/mol. The highest BCUT2D eigenvalue weighted by atomic mass is 35.5. The van der Waals surface area contributed by atoms with E-state index >= 15 is 0 Å². The van der Waals surface area contributed by atoms with Gasteiger partial charge in [-0.3, -0.25) is 0 Å². The molecule has 0 bridgehead atoms. The van der Waals surface area contributed by atoms with Crippen LogP contribution in [-0.2, 0) is 4.43 Å². The van der Waals surface area contributed by atoms with Crippen LogP contribution in [0.4, 0.5) is 0 Å². The van der Waals surface area contributed by atoms with Crippen LogP contribution in [0.1, 0.15) is 33.6 Å². The average molecular weight is 272 g/mol. The largest absolute Gasteiger partial charge is 0.417 e. The highest BCUT2D eigenvalue weighted by Crippen LogP contribution is 2.36. The molecule has 0 atom stereocenters. The van der Waals surface area contributed by atoms with Crippen molar-refractivity contribution in [3.05, 3.63) is 29.2 Å². The highest BCUT2D eigenvalue weighted by molar-refractivity contribution is 6.74. The van der Waals surface area contributed by atoms with E-state index in [1.165, 1.54) is 5.57 Å². The summed E-state index contributed by atoms with van der Waals surface area (Å²) in [7, 11) is -1.59. The van der Waals surface area contributed by atoms with Gasteiger partial charge in [-0.25, -0.2) is 0 Å². The van der Waals surface area contributed by atoms with E-state index in [0.717, 1.165) is 24.5 Å². The molecule has 0 saturated heterocycles. The Kier molecular flexibility index (Phi) is 5.05. The molecule has 0 aliphatic heterocycles. The Hall–Kier alpha value is -0.0531. The summed E-state index contributed by atoms with van der Waals surface area (Å²) in [6.07, 6.45) is 8.14. The van der Waals surface area contributed by atoms with Gasteiger partial charge in [-0.1, -0.05) is 44.0 Å². The molecule has 0 spiro atoms. The van der Waals surface area contributed by atoms with Gasteiger partial charge in [0.2, 0.25) is 0 Å². The first-order valence-electron chi connectivity index (χ1n) is 6.25. The van der Waals surface area contributed by atoms with Crippen LogP contribution in [0.25, 0.3) is 0 Å². The SMILES string of the molecule is CC(C)(C)[Si](C)(C)OCCC1=CC=C(Cl)C[CH]1. The molecule has 3 heteroatoms. The van der Waals surface area contributed by atoms with Gasteiger partial charge in [0, 0.05) is 11.6 Å². The molecule has 0 aromatic rings. The summed E-state index contributed by atoms with van der Waals surface area (Å²) in [6.45, 7) is 12.2. The molecule has 0 unspecified atom stereocenters. The van der Waals surface area contributed by atoms with Crippen molar-refractivity contribution >= 4 is 19.9 Å². The van der Waals surface area contributed by atoms with Crippen molar-refractivity contribution in [3.63, 3.8) is 0 Å². The molecular weight excluding hydrogens is 248 g/mol. The molecule has 0 aromatic heterocycles. The summed E-state index contributed by atoms with van der Waals surface area (Å²) < 4.78 is 6.15. The third kappa shape index (κ3) is 4.61. The quantitative estimate of drug-likeness (QED) is 0.650. The number of hydrogen-bond acceptors (Lipinski definition) is 1. The van der Waals surface area contributed by atoms with Gasteiger partial charge >= 0.3 is 0 Å². The molecule has 0 N–H and O–H groups in total. The second kappa shape index (κ2) is 5.72. The molecule has 97 valence electrons. The van der Waals surface area contributed by atoms with Crippen LogP contribution >= 0.6 is 11.6 Å². The summed E-state index contributed by atoms with van der Waals surface area (Å²) in [5, 5.41) is 1.21. The summed E-state index contributed by atoms with van der Waals surface area (Å²) in [5.41, 5.74) is 1.34. The molecule has 1 aliphatic carbocycles. The van der Waals surface area contributed by atoms with Crippen LogP contribution in [-0.4, -0.2) is 14.9 Å². The Balaban J connectivity index is 2.39. The minimum Gasteiger partial charge on any atom is -0.417 e. The standard InChI is InChI=1S/C14H24ClOSi/c1-14(2,3)17(4,5)16-11-10-12-6-8-13(15)9-7-12/h6-8H,9-11H2,1-5H3. The number of halogens is 1. The lowest BCUT2D eigenvalue weighted by Crippen LogP contribution is -2.41. The molecule has 0 saturated carbocycles. The maximum atomic E-state index is 6.15. The number of rotatable bonds is 4. The fourth-order valence-corrected chi connectivity index (χ4v) is 2.57. The lowest BCUT2D eigenvalue weighted by Gasteiger charge is -2.36. The van der Waals surface area contributed by atoms with Crippen LogP contribution in [0.2, 0.25) is 18.1 Å². The Labute approximate surface area is 112 Å². The van der Waals surface area contributed by atoms with E-state index in [1.54, 1.807) is 0 Å². The molecule has 1 rings (SSSR count). The zero-order valence-electron chi connectivity index (χ0n) is 11.6. The van der Waals surface area contributed by atoms with E-state index in [9.17, 15) is 0 Å². The van der Waals surface area contributed by atoms with Crippen molar-refractivity contribution in [1.29, 1.82) is 0 Å².